The Labute approximate surface area is 119 Å². The zero-order valence-electron chi connectivity index (χ0n) is 12.8. The second-order valence-electron chi connectivity index (χ2n) is 6.10. The summed E-state index contributed by atoms with van der Waals surface area (Å²) in [6.45, 7) is 10.5. The Balaban J connectivity index is 2.93. The number of aromatic carboxylic acids is 1. The summed E-state index contributed by atoms with van der Waals surface area (Å²) in [4.78, 5) is 16.2. The van der Waals surface area contributed by atoms with Crippen LogP contribution in [-0.4, -0.2) is 20.6 Å². The molecule has 0 unspecified atom stereocenters. The minimum atomic E-state index is -0.904. The average Bonchev–Trinajstić information content (AvgIpc) is 2.78. The largest absolute Gasteiger partial charge is 0.478 e. The Bertz CT molecular complexity index is 654. The molecule has 2 rings (SSSR count). The number of aromatic nitrogens is 2. The molecule has 1 aromatic heterocycles. The van der Waals surface area contributed by atoms with Crippen molar-refractivity contribution in [3.05, 3.63) is 29.6 Å². The van der Waals surface area contributed by atoms with Gasteiger partial charge >= 0.3 is 5.97 Å². The lowest BCUT2D eigenvalue weighted by Crippen LogP contribution is -2.28. The van der Waals surface area contributed by atoms with Crippen molar-refractivity contribution in [3.8, 4) is 0 Å². The normalized spacial score (nSPS) is 12.3. The summed E-state index contributed by atoms with van der Waals surface area (Å²) >= 11 is 0. The fourth-order valence-electron chi connectivity index (χ4n) is 2.48. The summed E-state index contributed by atoms with van der Waals surface area (Å²) < 4.78 is 2.11. The zero-order valence-corrected chi connectivity index (χ0v) is 12.8. The molecular weight excluding hydrogens is 252 g/mol. The van der Waals surface area contributed by atoms with Crippen molar-refractivity contribution in [3.63, 3.8) is 0 Å². The van der Waals surface area contributed by atoms with E-state index in [0.29, 0.717) is 5.56 Å². The molecule has 0 aliphatic heterocycles. The van der Waals surface area contributed by atoms with E-state index in [2.05, 4.69) is 44.2 Å². The number of imidazole rings is 1. The third-order valence-corrected chi connectivity index (χ3v) is 3.92. The lowest BCUT2D eigenvalue weighted by molar-refractivity contribution is 0.0698. The molecule has 0 radical (unpaired) electrons. The van der Waals surface area contributed by atoms with Gasteiger partial charge in [-0.1, -0.05) is 26.8 Å². The van der Waals surface area contributed by atoms with Crippen LogP contribution < -0.4 is 0 Å². The monoisotopic (exact) mass is 274 g/mol. The third-order valence-electron chi connectivity index (χ3n) is 3.92. The number of carboxylic acids is 1. The number of nitrogens with zero attached hydrogens (tertiary/aromatic N) is 2. The lowest BCUT2D eigenvalue weighted by Gasteiger charge is -2.29. The minimum Gasteiger partial charge on any atom is -0.478 e. The van der Waals surface area contributed by atoms with Gasteiger partial charge in [-0.2, -0.15) is 0 Å². The van der Waals surface area contributed by atoms with Crippen LogP contribution in [0.25, 0.3) is 11.0 Å². The summed E-state index contributed by atoms with van der Waals surface area (Å²) in [5.74, 6) is 0.286. The molecule has 0 amide bonds. The number of carboxylic acid groups (broad SMARTS) is 1. The first-order chi connectivity index (χ1) is 9.29. The van der Waals surface area contributed by atoms with E-state index in [1.54, 1.807) is 12.1 Å². The quantitative estimate of drug-likeness (QED) is 0.916. The molecule has 0 aliphatic carbocycles. The number of para-hydroxylation sites is 1. The highest BCUT2D eigenvalue weighted by molar-refractivity contribution is 6.01. The summed E-state index contributed by atoms with van der Waals surface area (Å²) in [7, 11) is 0. The lowest BCUT2D eigenvalue weighted by atomic mass is 9.99. The number of benzene rings is 1. The van der Waals surface area contributed by atoms with Gasteiger partial charge in [-0.05, 0) is 32.4 Å². The van der Waals surface area contributed by atoms with Gasteiger partial charge in [0.25, 0.3) is 0 Å². The molecule has 108 valence electrons. The van der Waals surface area contributed by atoms with Crippen LogP contribution >= 0.6 is 0 Å². The Morgan fingerprint density at radius 3 is 2.55 bits per heavy atom. The topological polar surface area (TPSA) is 55.1 Å². The fourth-order valence-corrected chi connectivity index (χ4v) is 2.48. The van der Waals surface area contributed by atoms with Gasteiger partial charge in [-0.15, -0.1) is 0 Å². The molecule has 4 nitrogen and oxygen atoms in total. The fraction of sp³-hybridized carbons (Fsp3) is 0.500. The standard InChI is InChI=1S/C16H22N2O2/c1-6-16(4,5)18-13-11(15(19)20)8-7-9-12(13)17-14(18)10(2)3/h7-10H,6H2,1-5H3,(H,19,20). The predicted octanol–water partition coefficient (Wildman–Crippen LogP) is 4.00. The molecule has 0 saturated carbocycles. The second-order valence-corrected chi connectivity index (χ2v) is 6.10. The molecular formula is C16H22N2O2. The van der Waals surface area contributed by atoms with E-state index in [-0.39, 0.29) is 11.5 Å². The smallest absolute Gasteiger partial charge is 0.337 e. The first-order valence-corrected chi connectivity index (χ1v) is 7.04. The highest BCUT2D eigenvalue weighted by Crippen LogP contribution is 2.32. The van der Waals surface area contributed by atoms with Gasteiger partial charge in [-0.3, -0.25) is 0 Å². The maximum Gasteiger partial charge on any atom is 0.337 e. The number of fused-ring (bicyclic) bond motifs is 1. The minimum absolute atomic E-state index is 0.167. The van der Waals surface area contributed by atoms with Gasteiger partial charge in [0.2, 0.25) is 0 Å². The molecule has 1 N–H and O–H groups in total. The second kappa shape index (κ2) is 4.93. The maximum atomic E-state index is 11.5. The van der Waals surface area contributed by atoms with Crippen LogP contribution in [0.3, 0.4) is 0 Å². The Morgan fingerprint density at radius 1 is 1.40 bits per heavy atom. The first-order valence-electron chi connectivity index (χ1n) is 7.04. The average molecular weight is 274 g/mol. The molecule has 0 atom stereocenters. The highest BCUT2D eigenvalue weighted by Gasteiger charge is 2.28. The zero-order chi connectivity index (χ0) is 15.1. The number of rotatable bonds is 4. The summed E-state index contributed by atoms with van der Waals surface area (Å²) in [5.41, 5.74) is 1.65. The molecule has 0 saturated heterocycles. The number of hydrogen-bond donors (Lipinski definition) is 1. The van der Waals surface area contributed by atoms with Gasteiger partial charge in [0.05, 0.1) is 16.6 Å². The van der Waals surface area contributed by atoms with E-state index >= 15 is 0 Å². The number of carbonyl (C=O) groups is 1. The molecule has 2 aromatic rings. The van der Waals surface area contributed by atoms with E-state index in [1.807, 2.05) is 6.07 Å². The van der Waals surface area contributed by atoms with E-state index in [4.69, 9.17) is 0 Å². The molecule has 0 bridgehead atoms. The Morgan fingerprint density at radius 2 is 2.05 bits per heavy atom. The van der Waals surface area contributed by atoms with Gasteiger partial charge in [0, 0.05) is 11.5 Å². The summed E-state index contributed by atoms with van der Waals surface area (Å²) in [5, 5.41) is 9.45. The van der Waals surface area contributed by atoms with Crippen molar-refractivity contribution in [1.29, 1.82) is 0 Å². The van der Waals surface area contributed by atoms with Gasteiger partial charge in [-0.25, -0.2) is 9.78 Å². The molecule has 1 aromatic carbocycles. The van der Waals surface area contributed by atoms with Crippen LogP contribution in [0.1, 0.15) is 63.1 Å². The van der Waals surface area contributed by atoms with Gasteiger partial charge in [0.1, 0.15) is 5.82 Å². The van der Waals surface area contributed by atoms with Crippen LogP contribution in [-0.2, 0) is 5.54 Å². The molecule has 0 spiro atoms. The maximum absolute atomic E-state index is 11.5. The van der Waals surface area contributed by atoms with Gasteiger partial charge in [0.15, 0.2) is 0 Å². The van der Waals surface area contributed by atoms with Crippen molar-refractivity contribution in [2.75, 3.05) is 0 Å². The van der Waals surface area contributed by atoms with Crippen molar-refractivity contribution < 1.29 is 9.90 Å². The summed E-state index contributed by atoms with van der Waals surface area (Å²) in [6.07, 6.45) is 0.909. The Kier molecular flexibility index (Phi) is 3.59. The van der Waals surface area contributed by atoms with E-state index in [0.717, 1.165) is 23.3 Å². The molecule has 1 heterocycles. The van der Waals surface area contributed by atoms with Crippen LogP contribution in [0.2, 0.25) is 0 Å². The third kappa shape index (κ3) is 2.19. The van der Waals surface area contributed by atoms with Crippen LogP contribution in [0, 0.1) is 0 Å². The van der Waals surface area contributed by atoms with Crippen LogP contribution in [0.15, 0.2) is 18.2 Å². The molecule has 4 heteroatoms. The van der Waals surface area contributed by atoms with E-state index < -0.39 is 5.97 Å². The number of hydrogen-bond acceptors (Lipinski definition) is 2. The van der Waals surface area contributed by atoms with Crippen molar-refractivity contribution in [1.82, 2.24) is 9.55 Å². The first kappa shape index (κ1) is 14.6. The van der Waals surface area contributed by atoms with Crippen LogP contribution in [0.5, 0.6) is 0 Å². The van der Waals surface area contributed by atoms with Gasteiger partial charge < -0.3 is 9.67 Å². The van der Waals surface area contributed by atoms with Crippen molar-refractivity contribution >= 4 is 17.0 Å². The highest BCUT2D eigenvalue weighted by atomic mass is 16.4. The molecule has 0 fully saturated rings. The summed E-state index contributed by atoms with van der Waals surface area (Å²) in [6, 6.07) is 5.29. The Hall–Kier alpha value is -1.84. The molecule has 0 aliphatic rings. The van der Waals surface area contributed by atoms with E-state index in [9.17, 15) is 9.90 Å². The van der Waals surface area contributed by atoms with Crippen molar-refractivity contribution in [2.24, 2.45) is 0 Å². The van der Waals surface area contributed by atoms with Crippen molar-refractivity contribution in [2.45, 2.75) is 52.5 Å². The van der Waals surface area contributed by atoms with Crippen LogP contribution in [0.4, 0.5) is 0 Å². The SMILES string of the molecule is CCC(C)(C)n1c(C(C)C)nc2cccc(C(=O)O)c21. The predicted molar refractivity (Wildman–Crippen MR) is 80.4 cm³/mol. The van der Waals surface area contributed by atoms with E-state index in [1.165, 1.54) is 0 Å². The molecule has 20 heavy (non-hydrogen) atoms.